The van der Waals surface area contributed by atoms with Gasteiger partial charge in [0.2, 0.25) is 0 Å². The summed E-state index contributed by atoms with van der Waals surface area (Å²) in [6.45, 7) is 0. The van der Waals surface area contributed by atoms with E-state index in [4.69, 9.17) is 5.73 Å². The Morgan fingerprint density at radius 3 is 2.82 bits per heavy atom. The maximum Gasteiger partial charge on any atom is 0.358 e. The first-order valence-corrected chi connectivity index (χ1v) is 9.33. The van der Waals surface area contributed by atoms with Gasteiger partial charge in [0.15, 0.2) is 11.5 Å². The Balaban J connectivity index is 1.63. The molecular weight excluding hydrogens is 358 g/mol. The summed E-state index contributed by atoms with van der Waals surface area (Å²) in [6.07, 6.45) is 6.08. The molecular formula is C19H23N7O2. The number of nitrogens with one attached hydrogen (secondary N) is 2. The Labute approximate surface area is 162 Å². The van der Waals surface area contributed by atoms with Crippen molar-refractivity contribution in [2.24, 2.45) is 12.8 Å². The molecule has 0 saturated heterocycles. The van der Waals surface area contributed by atoms with Gasteiger partial charge in [-0.3, -0.25) is 0 Å². The molecule has 9 nitrogen and oxygen atoms in total. The van der Waals surface area contributed by atoms with Crippen LogP contribution in [0.3, 0.4) is 0 Å². The van der Waals surface area contributed by atoms with Crippen LogP contribution in [0.5, 0.6) is 0 Å². The second-order valence-corrected chi connectivity index (χ2v) is 7.16. The van der Waals surface area contributed by atoms with Gasteiger partial charge in [-0.05, 0) is 31.0 Å². The van der Waals surface area contributed by atoms with E-state index in [1.807, 2.05) is 29.9 Å². The molecule has 0 bridgehead atoms. The zero-order valence-electron chi connectivity index (χ0n) is 15.6. The van der Waals surface area contributed by atoms with Gasteiger partial charge in [-0.15, -0.1) is 10.2 Å². The number of aromatic nitrogens is 4. The van der Waals surface area contributed by atoms with Gasteiger partial charge < -0.3 is 26.0 Å². The molecule has 0 radical (unpaired) electrons. The number of fused-ring (bicyclic) bond motifs is 1. The quantitative estimate of drug-likeness (QED) is 0.530. The van der Waals surface area contributed by atoms with Gasteiger partial charge >= 0.3 is 5.97 Å². The fourth-order valence-electron chi connectivity index (χ4n) is 3.59. The summed E-state index contributed by atoms with van der Waals surface area (Å²) in [5.41, 5.74) is 7.16. The topological polar surface area (TPSA) is 131 Å². The van der Waals surface area contributed by atoms with E-state index in [0.717, 1.165) is 36.7 Å². The molecule has 0 unspecified atom stereocenters. The van der Waals surface area contributed by atoms with Crippen molar-refractivity contribution >= 4 is 34.3 Å². The number of anilines is 3. The van der Waals surface area contributed by atoms with Crippen molar-refractivity contribution in [3.63, 3.8) is 0 Å². The summed E-state index contributed by atoms with van der Waals surface area (Å²) in [4.78, 5) is 16.1. The van der Waals surface area contributed by atoms with Crippen LogP contribution in [-0.4, -0.2) is 42.9 Å². The van der Waals surface area contributed by atoms with Crippen LogP contribution in [-0.2, 0) is 7.05 Å². The SMILES string of the molecule is Cn1ccc2ccc(Nc3cc(N[C@@H]4CCCC[C@@H]4N)nnc3C(=O)O)nc21. The van der Waals surface area contributed by atoms with Gasteiger partial charge in [0.05, 0.1) is 5.69 Å². The molecule has 28 heavy (non-hydrogen) atoms. The van der Waals surface area contributed by atoms with Crippen LogP contribution in [0.4, 0.5) is 17.3 Å². The van der Waals surface area contributed by atoms with Crippen LogP contribution in [0.1, 0.15) is 36.2 Å². The van der Waals surface area contributed by atoms with Gasteiger partial charge in [-0.1, -0.05) is 12.8 Å². The molecule has 3 aromatic heterocycles. The summed E-state index contributed by atoms with van der Waals surface area (Å²) < 4.78 is 1.90. The summed E-state index contributed by atoms with van der Waals surface area (Å²) in [7, 11) is 1.91. The van der Waals surface area contributed by atoms with Gasteiger partial charge in [-0.2, -0.15) is 0 Å². The molecule has 0 amide bonds. The van der Waals surface area contributed by atoms with E-state index >= 15 is 0 Å². The molecule has 146 valence electrons. The second-order valence-electron chi connectivity index (χ2n) is 7.16. The molecule has 3 heterocycles. The predicted octanol–water partition coefficient (Wildman–Crippen LogP) is 2.49. The molecule has 1 aliphatic rings. The Morgan fingerprint density at radius 1 is 1.21 bits per heavy atom. The van der Waals surface area contributed by atoms with Crippen molar-refractivity contribution in [2.45, 2.75) is 37.8 Å². The number of nitrogens with zero attached hydrogens (tertiary/aromatic N) is 4. The minimum absolute atomic E-state index is 0.0486. The van der Waals surface area contributed by atoms with Crippen molar-refractivity contribution in [3.8, 4) is 0 Å². The monoisotopic (exact) mass is 381 g/mol. The Bertz CT molecular complexity index is 1020. The number of pyridine rings is 1. The molecule has 2 atom stereocenters. The van der Waals surface area contributed by atoms with Crippen molar-refractivity contribution in [3.05, 3.63) is 36.2 Å². The molecule has 5 N–H and O–H groups in total. The van der Waals surface area contributed by atoms with Crippen LogP contribution in [0, 0.1) is 0 Å². The third-order valence-corrected chi connectivity index (χ3v) is 5.13. The normalized spacial score (nSPS) is 19.5. The maximum atomic E-state index is 11.6. The summed E-state index contributed by atoms with van der Waals surface area (Å²) in [5.74, 6) is -0.129. The van der Waals surface area contributed by atoms with Crippen molar-refractivity contribution in [2.75, 3.05) is 10.6 Å². The number of carboxylic acid groups (broad SMARTS) is 1. The highest BCUT2D eigenvalue weighted by molar-refractivity contribution is 5.93. The first-order chi connectivity index (χ1) is 13.5. The standard InChI is InChI=1S/C19H23N7O2/c1-26-9-8-11-6-7-15(23-18(11)26)22-14-10-16(24-25-17(14)19(27)28)21-13-5-3-2-4-12(13)20/h6-10,12-13H,2-5,20H2,1H3,(H,27,28)(H2,21,22,23,24)/t12-,13+/m0/s1. The summed E-state index contributed by atoms with van der Waals surface area (Å²) in [5, 5.41) is 24.8. The molecule has 0 aliphatic heterocycles. The molecule has 3 aromatic rings. The van der Waals surface area contributed by atoms with E-state index in [2.05, 4.69) is 25.8 Å². The number of aryl methyl sites for hydroxylation is 1. The van der Waals surface area contributed by atoms with Gasteiger partial charge in [0, 0.05) is 36.8 Å². The minimum atomic E-state index is -1.16. The second kappa shape index (κ2) is 7.43. The molecule has 1 saturated carbocycles. The third kappa shape index (κ3) is 3.61. The molecule has 1 aliphatic carbocycles. The number of carbonyl (C=O) groups is 1. The highest BCUT2D eigenvalue weighted by Gasteiger charge is 2.23. The largest absolute Gasteiger partial charge is 0.476 e. The van der Waals surface area contributed by atoms with Gasteiger partial charge in [0.1, 0.15) is 11.5 Å². The first-order valence-electron chi connectivity index (χ1n) is 9.33. The number of rotatable bonds is 5. The van der Waals surface area contributed by atoms with Crippen molar-refractivity contribution < 1.29 is 9.90 Å². The Kier molecular flexibility index (Phi) is 4.82. The van der Waals surface area contributed by atoms with E-state index < -0.39 is 5.97 Å². The van der Waals surface area contributed by atoms with Crippen molar-refractivity contribution in [1.82, 2.24) is 19.7 Å². The number of hydrogen-bond acceptors (Lipinski definition) is 7. The lowest BCUT2D eigenvalue weighted by Gasteiger charge is -2.29. The molecule has 4 rings (SSSR count). The highest BCUT2D eigenvalue weighted by Crippen LogP contribution is 2.25. The smallest absolute Gasteiger partial charge is 0.358 e. The van der Waals surface area contributed by atoms with Gasteiger partial charge in [-0.25, -0.2) is 9.78 Å². The van der Waals surface area contributed by atoms with Crippen LogP contribution in [0.2, 0.25) is 0 Å². The highest BCUT2D eigenvalue weighted by atomic mass is 16.4. The maximum absolute atomic E-state index is 11.6. The molecule has 0 aromatic carbocycles. The fraction of sp³-hybridized carbons (Fsp3) is 0.368. The van der Waals surface area contributed by atoms with E-state index in [0.29, 0.717) is 17.3 Å². The number of carboxylic acids is 1. The third-order valence-electron chi connectivity index (χ3n) is 5.13. The molecule has 0 spiro atoms. The average molecular weight is 381 g/mol. The van der Waals surface area contributed by atoms with E-state index in [1.165, 1.54) is 0 Å². The fourth-order valence-corrected chi connectivity index (χ4v) is 3.59. The average Bonchev–Trinajstić information content (AvgIpc) is 3.04. The summed E-state index contributed by atoms with van der Waals surface area (Å²) in [6, 6.07) is 7.50. The lowest BCUT2D eigenvalue weighted by atomic mass is 9.91. The lowest BCUT2D eigenvalue weighted by Crippen LogP contribution is -2.42. The predicted molar refractivity (Wildman–Crippen MR) is 107 cm³/mol. The van der Waals surface area contributed by atoms with E-state index in [9.17, 15) is 9.90 Å². The van der Waals surface area contributed by atoms with Crippen LogP contribution >= 0.6 is 0 Å². The first kappa shape index (κ1) is 18.2. The molecule has 1 fully saturated rings. The zero-order chi connectivity index (χ0) is 19.7. The lowest BCUT2D eigenvalue weighted by molar-refractivity contribution is 0.0690. The molecule has 9 heteroatoms. The van der Waals surface area contributed by atoms with Crippen molar-refractivity contribution in [1.29, 1.82) is 0 Å². The van der Waals surface area contributed by atoms with E-state index in [1.54, 1.807) is 12.1 Å². The Morgan fingerprint density at radius 2 is 2.04 bits per heavy atom. The van der Waals surface area contributed by atoms with Crippen LogP contribution < -0.4 is 16.4 Å². The summed E-state index contributed by atoms with van der Waals surface area (Å²) >= 11 is 0. The zero-order valence-corrected chi connectivity index (χ0v) is 15.6. The van der Waals surface area contributed by atoms with Crippen LogP contribution in [0.25, 0.3) is 11.0 Å². The Hall–Kier alpha value is -3.20. The van der Waals surface area contributed by atoms with E-state index in [-0.39, 0.29) is 17.8 Å². The number of nitrogens with two attached hydrogens (primary N) is 1. The number of aromatic carboxylic acids is 1. The van der Waals surface area contributed by atoms with Gasteiger partial charge in [0.25, 0.3) is 0 Å². The number of hydrogen-bond donors (Lipinski definition) is 4. The van der Waals surface area contributed by atoms with Crippen LogP contribution in [0.15, 0.2) is 30.5 Å². The minimum Gasteiger partial charge on any atom is -0.476 e.